The smallest absolute Gasteiger partial charge is 0.0785 e. The van der Waals surface area contributed by atoms with Crippen LogP contribution >= 0.6 is 11.6 Å². The van der Waals surface area contributed by atoms with Crippen LogP contribution in [0, 0.1) is 0 Å². The van der Waals surface area contributed by atoms with Crippen LogP contribution in [-0.2, 0) is 0 Å². The van der Waals surface area contributed by atoms with E-state index in [9.17, 15) is 4.39 Å². The lowest BCUT2D eigenvalue weighted by Gasteiger charge is -1.80. The van der Waals surface area contributed by atoms with Gasteiger partial charge in [0.25, 0.3) is 0 Å². The number of alkyl halides is 1. The first kappa shape index (κ1) is 8.44. The maximum atomic E-state index is 9.50. The molecule has 9 heavy (non-hydrogen) atoms. The Bertz CT molecular complexity index is 139. The van der Waals surface area contributed by atoms with E-state index >= 15 is 0 Å². The summed E-state index contributed by atoms with van der Waals surface area (Å²) in [5.41, 5.74) is 0. The van der Waals surface area contributed by atoms with Crippen molar-refractivity contribution in [3.8, 4) is 0 Å². The van der Waals surface area contributed by atoms with E-state index in [0.29, 0.717) is 7.18 Å². The number of rotatable bonds is 0. The molecule has 0 unspecified atom stereocenters. The summed E-state index contributed by atoms with van der Waals surface area (Å²) in [6.45, 7) is 0. The fourth-order valence-electron chi connectivity index (χ4n) is 0.415. The molecule has 0 nitrogen and oxygen atoms in total. The minimum Gasteiger partial charge on any atom is -0.255 e. The standard InChI is InChI=1S/C6H5Cl.CH3F/c7-6-4-2-1-3-5-6;1-2/h1-5H;1H3. The number of benzene rings is 1. The Morgan fingerprint density at radius 1 is 1.11 bits per heavy atom. The van der Waals surface area contributed by atoms with Gasteiger partial charge in [-0.25, -0.2) is 0 Å². The average Bonchev–Trinajstić information content (AvgIpc) is 1.94. The van der Waals surface area contributed by atoms with E-state index in [-0.39, 0.29) is 0 Å². The minimum atomic E-state index is 0.500. The summed E-state index contributed by atoms with van der Waals surface area (Å²) in [4.78, 5) is 0. The van der Waals surface area contributed by atoms with E-state index in [0.717, 1.165) is 5.02 Å². The van der Waals surface area contributed by atoms with Gasteiger partial charge in [-0.3, -0.25) is 4.39 Å². The summed E-state index contributed by atoms with van der Waals surface area (Å²) >= 11 is 5.54. The molecule has 0 aliphatic carbocycles. The van der Waals surface area contributed by atoms with Crippen LogP contribution in [0.4, 0.5) is 4.39 Å². The van der Waals surface area contributed by atoms with Crippen molar-refractivity contribution in [2.45, 2.75) is 0 Å². The van der Waals surface area contributed by atoms with Crippen LogP contribution in [0.5, 0.6) is 0 Å². The lowest BCUT2D eigenvalue weighted by molar-refractivity contribution is 0.636. The van der Waals surface area contributed by atoms with Crippen molar-refractivity contribution in [1.82, 2.24) is 0 Å². The van der Waals surface area contributed by atoms with Gasteiger partial charge in [-0.2, -0.15) is 0 Å². The monoisotopic (exact) mass is 146 g/mol. The third kappa shape index (κ3) is 3.98. The summed E-state index contributed by atoms with van der Waals surface area (Å²) in [6.07, 6.45) is 0. The first-order chi connectivity index (χ1) is 4.39. The Morgan fingerprint density at radius 2 is 1.56 bits per heavy atom. The van der Waals surface area contributed by atoms with Crippen molar-refractivity contribution in [3.05, 3.63) is 35.4 Å². The van der Waals surface area contributed by atoms with Gasteiger partial charge in [0, 0.05) is 5.02 Å². The van der Waals surface area contributed by atoms with Crippen LogP contribution in [0.3, 0.4) is 0 Å². The van der Waals surface area contributed by atoms with Crippen molar-refractivity contribution in [1.29, 1.82) is 0 Å². The summed E-state index contributed by atoms with van der Waals surface area (Å²) in [6, 6.07) is 9.44. The van der Waals surface area contributed by atoms with Gasteiger partial charge in [0.15, 0.2) is 0 Å². The molecule has 1 aromatic rings. The van der Waals surface area contributed by atoms with Gasteiger partial charge in [0.05, 0.1) is 7.18 Å². The highest BCUT2D eigenvalue weighted by molar-refractivity contribution is 6.30. The molecule has 0 saturated carbocycles. The van der Waals surface area contributed by atoms with E-state index in [2.05, 4.69) is 0 Å². The summed E-state index contributed by atoms with van der Waals surface area (Å²) < 4.78 is 9.50. The normalized spacial score (nSPS) is 7.44. The second kappa shape index (κ2) is 5.57. The molecular weight excluding hydrogens is 139 g/mol. The van der Waals surface area contributed by atoms with Crippen molar-refractivity contribution in [2.75, 3.05) is 7.18 Å². The van der Waals surface area contributed by atoms with E-state index in [1.54, 1.807) is 0 Å². The van der Waals surface area contributed by atoms with Crippen LogP contribution in [0.2, 0.25) is 5.02 Å². The Hall–Kier alpha value is -0.560. The number of halogens is 2. The van der Waals surface area contributed by atoms with E-state index < -0.39 is 0 Å². The molecule has 50 valence electrons. The van der Waals surface area contributed by atoms with Gasteiger partial charge in [0.2, 0.25) is 0 Å². The Balaban J connectivity index is 0.000000291. The Morgan fingerprint density at radius 3 is 1.78 bits per heavy atom. The van der Waals surface area contributed by atoms with Gasteiger partial charge >= 0.3 is 0 Å². The van der Waals surface area contributed by atoms with Crippen LogP contribution in [-0.4, -0.2) is 7.18 Å². The maximum Gasteiger partial charge on any atom is 0.0785 e. The fraction of sp³-hybridized carbons (Fsp3) is 0.143. The largest absolute Gasteiger partial charge is 0.255 e. The molecule has 0 fully saturated rings. The summed E-state index contributed by atoms with van der Waals surface area (Å²) in [5, 5.41) is 0.794. The van der Waals surface area contributed by atoms with E-state index in [1.807, 2.05) is 30.3 Å². The van der Waals surface area contributed by atoms with Crippen molar-refractivity contribution in [3.63, 3.8) is 0 Å². The minimum absolute atomic E-state index is 0.500. The molecule has 0 bridgehead atoms. The molecule has 0 aliphatic heterocycles. The van der Waals surface area contributed by atoms with E-state index in [4.69, 9.17) is 11.6 Å². The predicted molar refractivity (Wildman–Crippen MR) is 38.5 cm³/mol. The van der Waals surface area contributed by atoms with Gasteiger partial charge in [-0.05, 0) is 12.1 Å². The Kier molecular flexibility index (Phi) is 5.23. The molecule has 0 aliphatic rings. The summed E-state index contributed by atoms with van der Waals surface area (Å²) in [7, 11) is 0.500. The third-order valence-corrected chi connectivity index (χ3v) is 0.985. The maximum absolute atomic E-state index is 9.50. The topological polar surface area (TPSA) is 0 Å². The quantitative estimate of drug-likeness (QED) is 0.528. The Labute approximate surface area is 59.3 Å². The molecule has 1 aromatic carbocycles. The van der Waals surface area contributed by atoms with Crippen LogP contribution in [0.25, 0.3) is 0 Å². The highest BCUT2D eigenvalue weighted by atomic mass is 35.5. The lowest BCUT2D eigenvalue weighted by Crippen LogP contribution is -1.55. The first-order valence-electron chi connectivity index (χ1n) is 2.48. The molecule has 0 N–H and O–H groups in total. The number of hydrogen-bond acceptors (Lipinski definition) is 0. The second-order valence-corrected chi connectivity index (χ2v) is 1.73. The molecule has 0 radical (unpaired) electrons. The molecule has 1 rings (SSSR count). The molecule has 0 saturated heterocycles. The zero-order valence-corrected chi connectivity index (χ0v) is 5.90. The average molecular weight is 147 g/mol. The van der Waals surface area contributed by atoms with Gasteiger partial charge in [-0.15, -0.1) is 0 Å². The lowest BCUT2D eigenvalue weighted by atomic mass is 10.4. The third-order valence-electron chi connectivity index (χ3n) is 0.733. The zero-order valence-electron chi connectivity index (χ0n) is 5.14. The van der Waals surface area contributed by atoms with Crippen LogP contribution in [0.15, 0.2) is 30.3 Å². The van der Waals surface area contributed by atoms with Gasteiger partial charge < -0.3 is 0 Å². The highest BCUT2D eigenvalue weighted by Crippen LogP contribution is 2.03. The molecule has 0 heterocycles. The summed E-state index contributed by atoms with van der Waals surface area (Å²) in [5.74, 6) is 0. The molecule has 0 aromatic heterocycles. The van der Waals surface area contributed by atoms with Crippen LogP contribution in [0.1, 0.15) is 0 Å². The van der Waals surface area contributed by atoms with Gasteiger partial charge in [-0.1, -0.05) is 29.8 Å². The first-order valence-corrected chi connectivity index (χ1v) is 2.86. The molecule has 0 spiro atoms. The van der Waals surface area contributed by atoms with Gasteiger partial charge in [0.1, 0.15) is 0 Å². The van der Waals surface area contributed by atoms with Crippen molar-refractivity contribution in [2.24, 2.45) is 0 Å². The SMILES string of the molecule is CF.Clc1ccccc1. The highest BCUT2D eigenvalue weighted by Gasteiger charge is 1.74. The molecular formula is C7H8ClF. The fourth-order valence-corrected chi connectivity index (χ4v) is 0.560. The van der Waals surface area contributed by atoms with Crippen molar-refractivity contribution >= 4 is 11.6 Å². The molecule has 0 atom stereocenters. The van der Waals surface area contributed by atoms with E-state index in [1.165, 1.54) is 0 Å². The van der Waals surface area contributed by atoms with Crippen LogP contribution < -0.4 is 0 Å². The predicted octanol–water partition coefficient (Wildman–Crippen LogP) is 2.93. The molecule has 2 heteroatoms. The molecule has 0 amide bonds. The number of hydrogen-bond donors (Lipinski definition) is 0. The van der Waals surface area contributed by atoms with Crippen molar-refractivity contribution < 1.29 is 4.39 Å². The second-order valence-electron chi connectivity index (χ2n) is 1.30. The zero-order chi connectivity index (χ0) is 7.11.